The molecule has 0 spiro atoms. The maximum Gasteiger partial charge on any atom is 0.0644 e. The van der Waals surface area contributed by atoms with E-state index in [4.69, 9.17) is 0 Å². The zero-order chi connectivity index (χ0) is 5.98. The van der Waals surface area contributed by atoms with Gasteiger partial charge in [0, 0.05) is 32.7 Å². The third kappa shape index (κ3) is 2.50. The Hall–Kier alpha value is 0.174. The van der Waals surface area contributed by atoms with Crippen molar-refractivity contribution in [1.29, 1.82) is 0 Å². The fourth-order valence-electron chi connectivity index (χ4n) is 0.370. The standard InChI is InChI=1S/C4H7N4.Y/c1-4(2)8-6-3-5-7-8;/h4H,1-2H3;/q-1;. The Labute approximate surface area is 78.9 Å². The second-order valence-electron chi connectivity index (χ2n) is 1.80. The Kier molecular flexibility index (Phi) is 4.14. The summed E-state index contributed by atoms with van der Waals surface area (Å²) in [4.78, 5) is 1.50. The molecular formula is C4H7N4Y-. The maximum atomic E-state index is 3.69. The van der Waals surface area contributed by atoms with E-state index in [-0.39, 0.29) is 38.8 Å². The number of hydrogen-bond donors (Lipinski definition) is 0. The zero-order valence-corrected chi connectivity index (χ0v) is 8.28. The van der Waals surface area contributed by atoms with E-state index in [0.29, 0.717) is 0 Å². The maximum absolute atomic E-state index is 3.69. The van der Waals surface area contributed by atoms with Crippen LogP contribution >= 0.6 is 0 Å². The minimum atomic E-state index is 0. The van der Waals surface area contributed by atoms with Crippen LogP contribution in [0.25, 0.3) is 0 Å². The van der Waals surface area contributed by atoms with Gasteiger partial charge in [-0.1, -0.05) is 5.21 Å². The van der Waals surface area contributed by atoms with E-state index >= 15 is 0 Å². The van der Waals surface area contributed by atoms with Crippen LogP contribution in [0.4, 0.5) is 0 Å². The molecule has 1 rings (SSSR count). The first-order chi connectivity index (χ1) is 3.80. The van der Waals surface area contributed by atoms with Gasteiger partial charge in [-0.25, -0.2) is 11.1 Å². The molecule has 0 saturated heterocycles. The Bertz CT molecular complexity index is 148. The van der Waals surface area contributed by atoms with Crippen molar-refractivity contribution in [1.82, 2.24) is 20.2 Å². The van der Waals surface area contributed by atoms with Gasteiger partial charge in [0.15, 0.2) is 0 Å². The first kappa shape index (κ1) is 9.17. The minimum Gasteiger partial charge on any atom is -0.354 e. The molecule has 0 aliphatic heterocycles. The average molecular weight is 200 g/mol. The Balaban J connectivity index is 0.000000640. The molecule has 47 valence electrons. The topological polar surface area (TPSA) is 43.6 Å². The van der Waals surface area contributed by atoms with Gasteiger partial charge >= 0.3 is 0 Å². The van der Waals surface area contributed by atoms with Crippen LogP contribution in [-0.4, -0.2) is 20.2 Å². The summed E-state index contributed by atoms with van der Waals surface area (Å²) in [5, 5.41) is 10.7. The van der Waals surface area contributed by atoms with Crippen molar-refractivity contribution in [2.75, 3.05) is 0 Å². The number of nitrogens with zero attached hydrogens (tertiary/aromatic N) is 4. The van der Waals surface area contributed by atoms with Gasteiger partial charge in [0.2, 0.25) is 0 Å². The normalized spacial score (nSPS) is 9.22. The van der Waals surface area contributed by atoms with Gasteiger partial charge in [0.25, 0.3) is 0 Å². The molecule has 1 radical (unpaired) electrons. The predicted octanol–water partition coefficient (Wildman–Crippen LogP) is 0.0517. The van der Waals surface area contributed by atoms with Crippen LogP contribution < -0.4 is 0 Å². The Morgan fingerprint density at radius 1 is 1.44 bits per heavy atom. The number of hydrogen-bond acceptors (Lipinski definition) is 3. The first-order valence-electron chi connectivity index (χ1n) is 2.46. The van der Waals surface area contributed by atoms with Crippen molar-refractivity contribution in [3.05, 3.63) is 6.33 Å². The largest absolute Gasteiger partial charge is 0.354 e. The molecule has 0 bridgehead atoms. The zero-order valence-electron chi connectivity index (χ0n) is 5.44. The first-order valence-corrected chi connectivity index (χ1v) is 2.46. The molecule has 9 heavy (non-hydrogen) atoms. The third-order valence-corrected chi connectivity index (χ3v) is 0.790. The van der Waals surface area contributed by atoms with Gasteiger partial charge in [-0.15, -0.1) is 0 Å². The van der Waals surface area contributed by atoms with Gasteiger partial charge < -0.3 is 10.2 Å². The SMILES string of the molecule is CC(C)n1n[c-]nn1.[Y]. The minimum absolute atomic E-state index is 0. The van der Waals surface area contributed by atoms with E-state index in [9.17, 15) is 0 Å². The Morgan fingerprint density at radius 2 is 2.11 bits per heavy atom. The summed E-state index contributed by atoms with van der Waals surface area (Å²) in [7, 11) is 0. The molecule has 0 aromatic carbocycles. The van der Waals surface area contributed by atoms with Crippen molar-refractivity contribution >= 4 is 0 Å². The Morgan fingerprint density at radius 3 is 2.33 bits per heavy atom. The van der Waals surface area contributed by atoms with E-state index in [1.165, 1.54) is 4.80 Å². The van der Waals surface area contributed by atoms with E-state index in [2.05, 4.69) is 21.7 Å². The molecular weight excluding hydrogens is 193 g/mol. The van der Waals surface area contributed by atoms with Crippen LogP contribution in [0.1, 0.15) is 19.9 Å². The molecule has 0 N–H and O–H groups in total. The van der Waals surface area contributed by atoms with Crippen LogP contribution in [-0.2, 0) is 32.7 Å². The molecule has 0 atom stereocenters. The number of aromatic nitrogens is 4. The number of rotatable bonds is 1. The molecule has 5 heteroatoms. The number of tetrazole rings is 1. The third-order valence-electron chi connectivity index (χ3n) is 0.790. The van der Waals surface area contributed by atoms with Gasteiger partial charge in [-0.3, -0.25) is 0 Å². The predicted molar refractivity (Wildman–Crippen MR) is 27.0 cm³/mol. The van der Waals surface area contributed by atoms with Gasteiger partial charge in [0.1, 0.15) is 0 Å². The summed E-state index contributed by atoms with van der Waals surface area (Å²) in [6.07, 6.45) is 2.36. The monoisotopic (exact) mass is 200 g/mol. The second kappa shape index (κ2) is 4.06. The van der Waals surface area contributed by atoms with Crippen LogP contribution in [0, 0.1) is 6.33 Å². The van der Waals surface area contributed by atoms with E-state index in [0.717, 1.165) is 0 Å². The molecule has 4 nitrogen and oxygen atoms in total. The van der Waals surface area contributed by atoms with Crippen molar-refractivity contribution in [2.24, 2.45) is 0 Å². The van der Waals surface area contributed by atoms with E-state index in [1.54, 1.807) is 0 Å². The van der Waals surface area contributed by atoms with Crippen molar-refractivity contribution in [3.63, 3.8) is 0 Å². The molecule has 1 heterocycles. The summed E-state index contributed by atoms with van der Waals surface area (Å²) in [5.74, 6) is 0. The van der Waals surface area contributed by atoms with Crippen molar-refractivity contribution < 1.29 is 32.7 Å². The molecule has 0 amide bonds. The fraction of sp³-hybridized carbons (Fsp3) is 0.750. The molecule has 1 aromatic heterocycles. The molecule has 0 aliphatic carbocycles. The van der Waals surface area contributed by atoms with Crippen molar-refractivity contribution in [3.8, 4) is 0 Å². The summed E-state index contributed by atoms with van der Waals surface area (Å²) in [5.41, 5.74) is 0. The van der Waals surface area contributed by atoms with Gasteiger partial charge in [-0.05, 0) is 13.8 Å². The average Bonchev–Trinajstić information content (AvgIpc) is 2.12. The molecule has 0 aliphatic rings. The van der Waals surface area contributed by atoms with E-state index in [1.807, 2.05) is 13.8 Å². The second-order valence-corrected chi connectivity index (χ2v) is 1.80. The molecule has 0 fully saturated rings. The van der Waals surface area contributed by atoms with Crippen LogP contribution in [0.3, 0.4) is 0 Å². The van der Waals surface area contributed by atoms with Crippen LogP contribution in [0.5, 0.6) is 0 Å². The van der Waals surface area contributed by atoms with Gasteiger partial charge in [0.05, 0.1) is 6.04 Å². The quantitative estimate of drug-likeness (QED) is 0.601. The fourth-order valence-corrected chi connectivity index (χ4v) is 0.370. The van der Waals surface area contributed by atoms with Crippen molar-refractivity contribution in [2.45, 2.75) is 19.9 Å². The van der Waals surface area contributed by atoms with Crippen LogP contribution in [0.2, 0.25) is 0 Å². The molecule has 1 aromatic rings. The van der Waals surface area contributed by atoms with E-state index < -0.39 is 0 Å². The summed E-state index contributed by atoms with van der Waals surface area (Å²) < 4.78 is 0. The summed E-state index contributed by atoms with van der Waals surface area (Å²) >= 11 is 0. The summed E-state index contributed by atoms with van der Waals surface area (Å²) in [6.45, 7) is 3.96. The van der Waals surface area contributed by atoms with Crippen LogP contribution in [0.15, 0.2) is 0 Å². The van der Waals surface area contributed by atoms with Gasteiger partial charge in [-0.2, -0.15) is 0 Å². The molecule has 0 saturated carbocycles. The smallest absolute Gasteiger partial charge is 0.0644 e. The molecule has 0 unspecified atom stereocenters. The summed E-state index contributed by atoms with van der Waals surface area (Å²) in [6, 6.07) is 0.286.